The summed E-state index contributed by atoms with van der Waals surface area (Å²) in [6.45, 7) is 6.85. The Morgan fingerprint density at radius 1 is 1.62 bits per heavy atom. The number of rotatable bonds is 3. The maximum atomic E-state index is 4.55. The topological polar surface area (TPSA) is 28.2 Å². The predicted molar refractivity (Wildman–Crippen MR) is 70.2 cm³/mol. The van der Waals surface area contributed by atoms with Crippen LogP contribution in [0.4, 0.5) is 5.13 Å². The molecule has 2 atom stereocenters. The molecule has 90 valence electrons. The lowest BCUT2D eigenvalue weighted by molar-refractivity contribution is 0.446. The monoisotopic (exact) mass is 239 g/mol. The van der Waals surface area contributed by atoms with Gasteiger partial charge in [-0.05, 0) is 32.7 Å². The highest BCUT2D eigenvalue weighted by molar-refractivity contribution is 7.15. The van der Waals surface area contributed by atoms with Gasteiger partial charge in [-0.25, -0.2) is 4.98 Å². The Bertz CT molecular complexity index is 337. The minimum Gasteiger partial charge on any atom is -0.348 e. The molecule has 1 aliphatic rings. The number of anilines is 1. The SMILES string of the molecule is CNC(C)c1cnc(N2CCCC(C)C2)s1. The molecule has 1 fully saturated rings. The highest BCUT2D eigenvalue weighted by Gasteiger charge is 2.19. The Kier molecular flexibility index (Phi) is 3.82. The number of thiazole rings is 1. The second-order valence-corrected chi connectivity index (χ2v) is 5.79. The Morgan fingerprint density at radius 2 is 2.44 bits per heavy atom. The lowest BCUT2D eigenvalue weighted by Crippen LogP contribution is -2.34. The lowest BCUT2D eigenvalue weighted by atomic mass is 10.0. The van der Waals surface area contributed by atoms with Crippen LogP contribution in [-0.2, 0) is 0 Å². The van der Waals surface area contributed by atoms with Crippen molar-refractivity contribution in [2.24, 2.45) is 5.92 Å². The molecular weight excluding hydrogens is 218 g/mol. The van der Waals surface area contributed by atoms with Crippen LogP contribution < -0.4 is 10.2 Å². The molecule has 0 aromatic carbocycles. The van der Waals surface area contributed by atoms with E-state index in [2.05, 4.69) is 29.0 Å². The molecule has 0 saturated carbocycles. The smallest absolute Gasteiger partial charge is 0.185 e. The van der Waals surface area contributed by atoms with Gasteiger partial charge in [-0.1, -0.05) is 6.92 Å². The molecule has 1 aromatic rings. The molecular formula is C12H21N3S. The highest BCUT2D eigenvalue weighted by atomic mass is 32.1. The summed E-state index contributed by atoms with van der Waals surface area (Å²) in [5.74, 6) is 0.808. The van der Waals surface area contributed by atoms with Crippen molar-refractivity contribution in [1.82, 2.24) is 10.3 Å². The standard InChI is InChI=1S/C12H21N3S/c1-9-5-4-6-15(8-9)12-14-7-11(16-12)10(2)13-3/h7,9-10,13H,4-6,8H2,1-3H3. The number of hydrogen-bond acceptors (Lipinski definition) is 4. The van der Waals surface area contributed by atoms with Crippen LogP contribution in [0.25, 0.3) is 0 Å². The van der Waals surface area contributed by atoms with Crippen molar-refractivity contribution >= 4 is 16.5 Å². The minimum atomic E-state index is 0.411. The maximum Gasteiger partial charge on any atom is 0.185 e. The van der Waals surface area contributed by atoms with Crippen LogP contribution in [0.5, 0.6) is 0 Å². The third kappa shape index (κ3) is 2.55. The van der Waals surface area contributed by atoms with Crippen LogP contribution in [0.1, 0.15) is 37.6 Å². The number of piperidine rings is 1. The molecule has 0 bridgehead atoms. The summed E-state index contributed by atoms with van der Waals surface area (Å²) in [5, 5.41) is 4.46. The quantitative estimate of drug-likeness (QED) is 0.879. The fourth-order valence-electron chi connectivity index (χ4n) is 2.13. The molecule has 1 N–H and O–H groups in total. The van der Waals surface area contributed by atoms with Crippen molar-refractivity contribution in [2.75, 3.05) is 25.0 Å². The van der Waals surface area contributed by atoms with Gasteiger partial charge in [0.25, 0.3) is 0 Å². The first-order valence-corrected chi connectivity index (χ1v) is 6.90. The van der Waals surface area contributed by atoms with E-state index in [-0.39, 0.29) is 0 Å². The molecule has 0 aliphatic carbocycles. The first kappa shape index (κ1) is 11.9. The van der Waals surface area contributed by atoms with Crippen LogP contribution in [0.15, 0.2) is 6.20 Å². The van der Waals surface area contributed by atoms with Crippen LogP contribution in [0, 0.1) is 5.92 Å². The van der Waals surface area contributed by atoms with Crippen LogP contribution in [0.3, 0.4) is 0 Å². The second-order valence-electron chi connectivity index (χ2n) is 4.75. The van der Waals surface area contributed by atoms with Gasteiger partial charge in [-0.15, -0.1) is 11.3 Å². The van der Waals surface area contributed by atoms with Gasteiger partial charge in [-0.3, -0.25) is 0 Å². The van der Waals surface area contributed by atoms with E-state index in [1.54, 1.807) is 0 Å². The van der Waals surface area contributed by atoms with Crippen molar-refractivity contribution in [3.63, 3.8) is 0 Å². The molecule has 0 radical (unpaired) electrons. The summed E-state index contributed by atoms with van der Waals surface area (Å²) in [6, 6.07) is 0.411. The van der Waals surface area contributed by atoms with E-state index in [4.69, 9.17) is 0 Å². The van der Waals surface area contributed by atoms with E-state index in [0.717, 1.165) is 5.92 Å². The fraction of sp³-hybridized carbons (Fsp3) is 0.750. The number of nitrogens with one attached hydrogen (secondary N) is 1. The summed E-state index contributed by atoms with van der Waals surface area (Å²) >= 11 is 1.83. The van der Waals surface area contributed by atoms with Crippen LogP contribution in [-0.4, -0.2) is 25.1 Å². The Morgan fingerprint density at radius 3 is 3.12 bits per heavy atom. The van der Waals surface area contributed by atoms with E-state index in [9.17, 15) is 0 Å². The molecule has 0 amide bonds. The first-order chi connectivity index (χ1) is 7.70. The number of hydrogen-bond donors (Lipinski definition) is 1. The molecule has 4 heteroatoms. The zero-order valence-corrected chi connectivity index (χ0v) is 11.2. The summed E-state index contributed by atoms with van der Waals surface area (Å²) in [7, 11) is 1.99. The van der Waals surface area contributed by atoms with Gasteiger partial charge < -0.3 is 10.2 Å². The zero-order chi connectivity index (χ0) is 11.5. The second kappa shape index (κ2) is 5.15. The molecule has 16 heavy (non-hydrogen) atoms. The number of nitrogens with zero attached hydrogens (tertiary/aromatic N) is 2. The van der Waals surface area contributed by atoms with Gasteiger partial charge in [0.15, 0.2) is 5.13 Å². The molecule has 1 saturated heterocycles. The first-order valence-electron chi connectivity index (χ1n) is 6.08. The van der Waals surface area contributed by atoms with Gasteiger partial charge in [-0.2, -0.15) is 0 Å². The molecule has 3 nitrogen and oxygen atoms in total. The molecule has 2 heterocycles. The largest absolute Gasteiger partial charge is 0.348 e. The Labute approximate surface area is 102 Å². The van der Waals surface area contributed by atoms with Gasteiger partial charge in [0.1, 0.15) is 0 Å². The Hall–Kier alpha value is -0.610. The van der Waals surface area contributed by atoms with Gasteiger partial charge in [0.05, 0.1) is 0 Å². The normalized spacial score (nSPS) is 23.4. The predicted octanol–water partition coefficient (Wildman–Crippen LogP) is 2.66. The van der Waals surface area contributed by atoms with E-state index in [1.807, 2.05) is 24.6 Å². The van der Waals surface area contributed by atoms with E-state index in [0.29, 0.717) is 6.04 Å². The molecule has 2 rings (SSSR count). The maximum absolute atomic E-state index is 4.55. The van der Waals surface area contributed by atoms with Gasteiger partial charge in [0.2, 0.25) is 0 Å². The fourth-order valence-corrected chi connectivity index (χ4v) is 3.14. The average molecular weight is 239 g/mol. The van der Waals surface area contributed by atoms with E-state index < -0.39 is 0 Å². The van der Waals surface area contributed by atoms with Crippen molar-refractivity contribution in [1.29, 1.82) is 0 Å². The van der Waals surface area contributed by atoms with E-state index in [1.165, 1.54) is 35.9 Å². The summed E-state index contributed by atoms with van der Waals surface area (Å²) in [5.41, 5.74) is 0. The van der Waals surface area contributed by atoms with E-state index >= 15 is 0 Å². The third-order valence-electron chi connectivity index (χ3n) is 3.30. The molecule has 2 unspecified atom stereocenters. The van der Waals surface area contributed by atoms with Crippen molar-refractivity contribution in [3.05, 3.63) is 11.1 Å². The molecule has 0 spiro atoms. The van der Waals surface area contributed by atoms with Crippen LogP contribution >= 0.6 is 11.3 Å². The third-order valence-corrected chi connectivity index (χ3v) is 4.54. The number of aromatic nitrogens is 1. The summed E-state index contributed by atoms with van der Waals surface area (Å²) in [4.78, 5) is 8.31. The Balaban J connectivity index is 2.06. The van der Waals surface area contributed by atoms with Crippen molar-refractivity contribution in [2.45, 2.75) is 32.7 Å². The lowest BCUT2D eigenvalue weighted by Gasteiger charge is -2.30. The van der Waals surface area contributed by atoms with Crippen molar-refractivity contribution < 1.29 is 0 Å². The van der Waals surface area contributed by atoms with Gasteiger partial charge >= 0.3 is 0 Å². The molecule has 1 aliphatic heterocycles. The van der Waals surface area contributed by atoms with Crippen LogP contribution in [0.2, 0.25) is 0 Å². The highest BCUT2D eigenvalue weighted by Crippen LogP contribution is 2.29. The van der Waals surface area contributed by atoms with Crippen molar-refractivity contribution in [3.8, 4) is 0 Å². The summed E-state index contributed by atoms with van der Waals surface area (Å²) in [6.07, 6.45) is 4.68. The summed E-state index contributed by atoms with van der Waals surface area (Å²) < 4.78 is 0. The average Bonchev–Trinajstić information content (AvgIpc) is 2.77. The minimum absolute atomic E-state index is 0.411. The van der Waals surface area contributed by atoms with Gasteiger partial charge in [0, 0.05) is 30.2 Å². The zero-order valence-electron chi connectivity index (χ0n) is 10.4. The molecule has 1 aromatic heterocycles.